The fraction of sp³-hybridized carbons (Fsp3) is 0.368. The minimum atomic E-state index is -4.40. The van der Waals surface area contributed by atoms with Gasteiger partial charge in [-0.3, -0.25) is 4.79 Å². The number of anilines is 1. The lowest BCUT2D eigenvalue weighted by atomic mass is 10.1. The number of fused-ring (bicyclic) bond motifs is 2. The maximum Gasteiger partial charge on any atom is 0.407 e. The third-order valence-corrected chi connectivity index (χ3v) is 9.32. The first-order valence-electron chi connectivity index (χ1n) is 9.80. The van der Waals surface area contributed by atoms with Crippen LogP contribution >= 0.6 is 0 Å². The van der Waals surface area contributed by atoms with Crippen molar-refractivity contribution in [3.05, 3.63) is 41.5 Å². The Balaban J connectivity index is 1.79. The first-order valence-corrected chi connectivity index (χ1v) is 12.9. The van der Waals surface area contributed by atoms with Crippen molar-refractivity contribution in [2.24, 2.45) is 13.0 Å². The number of hydrogen-bond acceptors (Lipinski definition) is 6. The molecule has 2 aromatic rings. The molecule has 2 aliphatic rings. The van der Waals surface area contributed by atoms with E-state index in [1.165, 1.54) is 26.1 Å². The summed E-state index contributed by atoms with van der Waals surface area (Å²) >= 11 is 0. The van der Waals surface area contributed by atoms with Gasteiger partial charge in [0, 0.05) is 44.0 Å². The molecule has 11 nitrogen and oxygen atoms in total. The van der Waals surface area contributed by atoms with Crippen LogP contribution in [-0.4, -0.2) is 68.3 Å². The summed E-state index contributed by atoms with van der Waals surface area (Å²) in [6.07, 6.45) is -0.254. The maximum absolute atomic E-state index is 13.5. The highest BCUT2D eigenvalue weighted by Gasteiger charge is 2.46. The van der Waals surface area contributed by atoms with Crippen molar-refractivity contribution in [1.29, 1.82) is 0 Å². The molecular formula is C19H21FN4O7S2. The quantitative estimate of drug-likeness (QED) is 0.550. The van der Waals surface area contributed by atoms with Gasteiger partial charge in [-0.15, -0.1) is 0 Å². The normalized spacial score (nSPS) is 23.2. The molecule has 33 heavy (non-hydrogen) atoms. The molecule has 1 fully saturated rings. The van der Waals surface area contributed by atoms with Gasteiger partial charge in [0.2, 0.25) is 10.0 Å². The first kappa shape index (κ1) is 23.2. The second-order valence-corrected chi connectivity index (χ2v) is 11.8. The summed E-state index contributed by atoms with van der Waals surface area (Å²) < 4.78 is 69.8. The van der Waals surface area contributed by atoms with E-state index in [-0.39, 0.29) is 24.3 Å². The molecule has 2 aliphatic heterocycles. The van der Waals surface area contributed by atoms with Crippen molar-refractivity contribution in [3.63, 3.8) is 0 Å². The van der Waals surface area contributed by atoms with E-state index in [4.69, 9.17) is 0 Å². The molecule has 0 bridgehead atoms. The van der Waals surface area contributed by atoms with Gasteiger partial charge in [0.25, 0.3) is 5.91 Å². The Morgan fingerprint density at radius 3 is 2.55 bits per heavy atom. The van der Waals surface area contributed by atoms with Crippen LogP contribution in [0.3, 0.4) is 0 Å². The molecule has 14 heteroatoms. The van der Waals surface area contributed by atoms with E-state index in [2.05, 4.69) is 10.0 Å². The number of nitrogens with zero attached hydrogens (tertiary/aromatic N) is 2. The number of hydrogen-bond donors (Lipinski definition) is 3. The zero-order chi connectivity index (χ0) is 24.3. The van der Waals surface area contributed by atoms with Crippen LogP contribution in [0.15, 0.2) is 34.2 Å². The summed E-state index contributed by atoms with van der Waals surface area (Å²) in [6.45, 7) is 1.14. The smallest absolute Gasteiger partial charge is 0.407 e. The minimum absolute atomic E-state index is 0.166. The van der Waals surface area contributed by atoms with Gasteiger partial charge in [-0.05, 0) is 30.7 Å². The predicted octanol–water partition coefficient (Wildman–Crippen LogP) is 0.769. The van der Waals surface area contributed by atoms with Crippen LogP contribution in [0.2, 0.25) is 0 Å². The highest BCUT2D eigenvalue weighted by Crippen LogP contribution is 2.34. The van der Waals surface area contributed by atoms with Crippen molar-refractivity contribution in [2.75, 3.05) is 24.2 Å². The molecule has 2 amide bonds. The van der Waals surface area contributed by atoms with E-state index in [1.807, 2.05) is 0 Å². The molecule has 4 rings (SSSR count). The van der Waals surface area contributed by atoms with Crippen LogP contribution in [0, 0.1) is 18.7 Å². The van der Waals surface area contributed by atoms with E-state index in [0.29, 0.717) is 0 Å². The summed E-state index contributed by atoms with van der Waals surface area (Å²) in [6, 6.07) is 2.87. The number of halogens is 1. The summed E-state index contributed by atoms with van der Waals surface area (Å²) in [5.74, 6) is -2.75. The molecule has 0 saturated carbocycles. The molecule has 2 atom stereocenters. The molecule has 0 spiro atoms. The van der Waals surface area contributed by atoms with E-state index >= 15 is 0 Å². The number of benzene rings is 1. The highest BCUT2D eigenvalue weighted by atomic mass is 32.2. The van der Waals surface area contributed by atoms with Crippen molar-refractivity contribution in [2.45, 2.75) is 22.8 Å². The number of sulfone groups is 1. The first-order chi connectivity index (χ1) is 15.3. The number of aryl methyl sites for hydroxylation is 2. The Bertz CT molecular complexity index is 1380. The standard InChI is InChI=1S/C19H21FN4O7S2/c1-10-5-12(3-4-13(10)20)21-18(25)16-17-15(8-23(16)2)33(30,31)22-14-7-24(19(26)27)6-11(14)9-32(17,28)29/h3-5,8,11,14,22H,6-7,9H2,1-2H3,(H,21,25)(H,26,27)/t11-,14-/m0/s1. The molecular weight excluding hydrogens is 479 g/mol. The molecule has 1 aromatic carbocycles. The van der Waals surface area contributed by atoms with Gasteiger partial charge in [-0.2, -0.15) is 0 Å². The fourth-order valence-corrected chi connectivity index (χ4v) is 8.30. The van der Waals surface area contributed by atoms with Gasteiger partial charge in [0.05, 0.1) is 5.75 Å². The van der Waals surface area contributed by atoms with Crippen molar-refractivity contribution < 1.29 is 35.9 Å². The van der Waals surface area contributed by atoms with Gasteiger partial charge < -0.3 is 19.9 Å². The average Bonchev–Trinajstić information content (AvgIpc) is 3.25. The average molecular weight is 501 g/mol. The van der Waals surface area contributed by atoms with Crippen LogP contribution in [0.5, 0.6) is 0 Å². The van der Waals surface area contributed by atoms with Gasteiger partial charge in [-0.1, -0.05) is 0 Å². The number of carbonyl (C=O) groups excluding carboxylic acids is 1. The summed E-state index contributed by atoms with van der Waals surface area (Å²) in [5, 5.41) is 11.7. The Morgan fingerprint density at radius 1 is 1.21 bits per heavy atom. The van der Waals surface area contributed by atoms with E-state index in [1.54, 1.807) is 0 Å². The number of carbonyl (C=O) groups is 2. The number of sulfonamides is 1. The Labute approximate surface area is 189 Å². The SMILES string of the molecule is Cc1cc(NC(=O)c2c3c(cn2C)S(=O)(=O)N[C@H]2CN(C(=O)O)C[C@H]2CS3(=O)=O)ccc1F. The molecule has 0 unspecified atom stereocenters. The van der Waals surface area contributed by atoms with Gasteiger partial charge in [0.1, 0.15) is 21.3 Å². The van der Waals surface area contributed by atoms with Crippen LogP contribution < -0.4 is 10.0 Å². The lowest BCUT2D eigenvalue weighted by Gasteiger charge is -2.23. The highest BCUT2D eigenvalue weighted by molar-refractivity contribution is 7.94. The maximum atomic E-state index is 13.5. The topological polar surface area (TPSA) is 155 Å². The van der Waals surface area contributed by atoms with Crippen molar-refractivity contribution in [3.8, 4) is 0 Å². The zero-order valence-electron chi connectivity index (χ0n) is 17.6. The number of likely N-dealkylation sites (tertiary alicyclic amines) is 1. The minimum Gasteiger partial charge on any atom is -0.465 e. The van der Waals surface area contributed by atoms with E-state index in [0.717, 1.165) is 21.7 Å². The number of nitrogens with one attached hydrogen (secondary N) is 2. The number of rotatable bonds is 2. The number of amides is 2. The zero-order valence-corrected chi connectivity index (χ0v) is 19.2. The van der Waals surface area contributed by atoms with Crippen LogP contribution in [0.25, 0.3) is 0 Å². The fourth-order valence-electron chi connectivity index (χ4n) is 4.20. The molecule has 3 heterocycles. The predicted molar refractivity (Wildman–Crippen MR) is 114 cm³/mol. The molecule has 1 aromatic heterocycles. The third-order valence-electron chi connectivity index (χ3n) is 5.79. The van der Waals surface area contributed by atoms with Crippen LogP contribution in [0.4, 0.5) is 14.9 Å². The van der Waals surface area contributed by atoms with E-state index in [9.17, 15) is 35.9 Å². The summed E-state index contributed by atoms with van der Waals surface area (Å²) in [5.41, 5.74) is 0.0552. The van der Waals surface area contributed by atoms with Gasteiger partial charge >= 0.3 is 6.09 Å². The van der Waals surface area contributed by atoms with Crippen LogP contribution in [0.1, 0.15) is 16.1 Å². The summed E-state index contributed by atoms with van der Waals surface area (Å²) in [7, 11) is -7.37. The lowest BCUT2D eigenvalue weighted by molar-refractivity contribution is 0.101. The van der Waals surface area contributed by atoms with Crippen molar-refractivity contribution in [1.82, 2.24) is 14.2 Å². The monoisotopic (exact) mass is 500 g/mol. The second-order valence-electron chi connectivity index (χ2n) is 8.16. The molecule has 178 valence electrons. The Hall–Kier alpha value is -2.97. The largest absolute Gasteiger partial charge is 0.465 e. The van der Waals surface area contributed by atoms with Crippen molar-refractivity contribution >= 4 is 37.5 Å². The Morgan fingerprint density at radius 2 is 1.91 bits per heavy atom. The van der Waals surface area contributed by atoms with Crippen LogP contribution in [-0.2, 0) is 26.9 Å². The third kappa shape index (κ3) is 4.09. The Kier molecular flexibility index (Phi) is 5.49. The number of aromatic nitrogens is 1. The summed E-state index contributed by atoms with van der Waals surface area (Å²) in [4.78, 5) is 24.1. The van der Waals surface area contributed by atoms with E-state index < -0.39 is 70.9 Å². The number of carboxylic acid groups (broad SMARTS) is 1. The lowest BCUT2D eigenvalue weighted by Crippen LogP contribution is -2.44. The molecule has 0 aliphatic carbocycles. The molecule has 1 saturated heterocycles. The van der Waals surface area contributed by atoms with Gasteiger partial charge in [-0.25, -0.2) is 30.7 Å². The molecule has 0 radical (unpaired) electrons. The molecule has 3 N–H and O–H groups in total. The second kappa shape index (κ2) is 7.81. The van der Waals surface area contributed by atoms with Gasteiger partial charge in [0.15, 0.2) is 9.84 Å².